The molecule has 0 bridgehead atoms. The van der Waals surface area contributed by atoms with Crippen LogP contribution in [0.3, 0.4) is 0 Å². The first kappa shape index (κ1) is 19.2. The monoisotopic (exact) mass is 345 g/mol. The maximum Gasteiger partial charge on any atom is 0.460 e. The van der Waals surface area contributed by atoms with E-state index >= 15 is 0 Å². The molecule has 0 aliphatic heterocycles. The highest BCUT2D eigenvalue weighted by Gasteiger charge is 2.76. The topological polar surface area (TPSA) is 20.3 Å². The van der Waals surface area contributed by atoms with Gasteiger partial charge in [-0.3, -0.25) is 4.79 Å². The molecule has 0 unspecified atom stereocenters. The Labute approximate surface area is 127 Å². The lowest BCUT2D eigenvalue weighted by Gasteiger charge is -2.32. The lowest BCUT2D eigenvalue weighted by atomic mass is 10.1. The van der Waals surface area contributed by atoms with Crippen molar-refractivity contribution >= 4 is 11.6 Å². The molecule has 0 saturated carbocycles. The fraction of sp³-hybridized carbons (Fsp3) is 0.500. The average molecular weight is 345 g/mol. The minimum Gasteiger partial charge on any atom is -0.307 e. The number of para-hydroxylation sites is 1. The van der Waals surface area contributed by atoms with Gasteiger partial charge < -0.3 is 4.90 Å². The van der Waals surface area contributed by atoms with Crippen LogP contribution < -0.4 is 4.90 Å². The summed E-state index contributed by atoms with van der Waals surface area (Å²) in [5.74, 6) is -15.0. The van der Waals surface area contributed by atoms with Crippen LogP contribution in [0.15, 0.2) is 30.3 Å². The summed E-state index contributed by atoms with van der Waals surface area (Å²) in [5, 5.41) is 0. The lowest BCUT2D eigenvalue weighted by molar-refractivity contribution is -0.343. The van der Waals surface area contributed by atoms with E-state index in [0.717, 1.165) is 0 Å². The predicted octanol–water partition coefficient (Wildman–Crippen LogP) is 4.65. The Bertz CT molecular complexity index is 528. The van der Waals surface area contributed by atoms with Crippen LogP contribution in [0.4, 0.5) is 36.4 Å². The molecule has 0 heterocycles. The van der Waals surface area contributed by atoms with Crippen LogP contribution in [0.1, 0.15) is 19.8 Å². The highest BCUT2D eigenvalue weighted by atomic mass is 19.4. The van der Waals surface area contributed by atoms with Gasteiger partial charge in [-0.1, -0.05) is 31.5 Å². The smallest absolute Gasteiger partial charge is 0.307 e. The first-order chi connectivity index (χ1) is 10.5. The van der Waals surface area contributed by atoms with E-state index in [9.17, 15) is 35.5 Å². The number of hydrogen-bond acceptors (Lipinski definition) is 1. The molecule has 1 aromatic rings. The van der Waals surface area contributed by atoms with Crippen molar-refractivity contribution in [1.82, 2.24) is 0 Å². The first-order valence-corrected chi connectivity index (χ1v) is 6.66. The molecule has 0 atom stereocenters. The summed E-state index contributed by atoms with van der Waals surface area (Å²) in [6.07, 6.45) is -5.95. The number of amides is 1. The Balaban J connectivity index is 3.23. The number of benzene rings is 1. The number of hydrogen-bond donors (Lipinski definition) is 0. The van der Waals surface area contributed by atoms with Gasteiger partial charge in [-0.25, -0.2) is 0 Å². The van der Waals surface area contributed by atoms with Crippen LogP contribution in [-0.2, 0) is 4.79 Å². The van der Waals surface area contributed by atoms with Crippen LogP contribution >= 0.6 is 0 Å². The molecule has 1 aromatic carbocycles. The summed E-state index contributed by atoms with van der Waals surface area (Å²) in [6.45, 7) is 1.25. The molecule has 0 aromatic heterocycles. The summed E-state index contributed by atoms with van der Waals surface area (Å²) in [7, 11) is 0. The number of carbonyl (C=O) groups is 1. The van der Waals surface area contributed by atoms with Crippen molar-refractivity contribution in [2.45, 2.75) is 37.8 Å². The maximum absolute atomic E-state index is 13.6. The highest BCUT2D eigenvalue weighted by Crippen LogP contribution is 2.47. The number of rotatable bonds is 6. The van der Waals surface area contributed by atoms with Crippen LogP contribution in [-0.4, -0.2) is 30.5 Å². The van der Waals surface area contributed by atoms with Crippen LogP contribution in [0, 0.1) is 0 Å². The second kappa shape index (κ2) is 6.76. The lowest BCUT2D eigenvalue weighted by Crippen LogP contribution is -2.60. The summed E-state index contributed by atoms with van der Waals surface area (Å²) < 4.78 is 89.9. The zero-order chi connectivity index (χ0) is 17.9. The molecule has 23 heavy (non-hydrogen) atoms. The number of alkyl halides is 7. The van der Waals surface area contributed by atoms with Crippen molar-refractivity contribution in [3.63, 3.8) is 0 Å². The summed E-state index contributed by atoms with van der Waals surface area (Å²) in [5.41, 5.74) is -0.177. The Morgan fingerprint density at radius 3 is 1.96 bits per heavy atom. The number of anilines is 1. The van der Waals surface area contributed by atoms with Crippen molar-refractivity contribution in [3.05, 3.63) is 30.3 Å². The second-order valence-electron chi connectivity index (χ2n) is 4.79. The van der Waals surface area contributed by atoms with Crippen LogP contribution in [0.25, 0.3) is 0 Å². The Hall–Kier alpha value is -1.80. The fourth-order valence-corrected chi connectivity index (χ4v) is 1.75. The second-order valence-corrected chi connectivity index (χ2v) is 4.79. The normalized spacial score (nSPS) is 13.0. The van der Waals surface area contributed by atoms with E-state index in [1.54, 1.807) is 6.92 Å². The summed E-state index contributed by atoms with van der Waals surface area (Å²) in [4.78, 5) is 12.0. The zero-order valence-electron chi connectivity index (χ0n) is 12.0. The molecule has 0 fully saturated rings. The van der Waals surface area contributed by atoms with E-state index in [2.05, 4.69) is 0 Å². The van der Waals surface area contributed by atoms with Crippen molar-refractivity contribution in [3.8, 4) is 0 Å². The van der Waals surface area contributed by atoms with Gasteiger partial charge in [0.05, 0.1) is 0 Å². The average Bonchev–Trinajstić information content (AvgIpc) is 2.47. The van der Waals surface area contributed by atoms with Gasteiger partial charge in [-0.15, -0.1) is 0 Å². The van der Waals surface area contributed by atoms with Crippen LogP contribution in [0.5, 0.6) is 0 Å². The zero-order valence-corrected chi connectivity index (χ0v) is 12.0. The fourth-order valence-electron chi connectivity index (χ4n) is 1.75. The SMILES string of the molecule is CCCCN(C(=O)C(F)(F)C(F)(F)C(F)(F)F)c1ccccc1. The molecule has 0 radical (unpaired) electrons. The number of nitrogens with zero attached hydrogens (tertiary/aromatic N) is 1. The van der Waals surface area contributed by atoms with Gasteiger partial charge in [0.1, 0.15) is 0 Å². The van der Waals surface area contributed by atoms with Gasteiger partial charge in [0.15, 0.2) is 0 Å². The Morgan fingerprint density at radius 1 is 1.00 bits per heavy atom. The minimum atomic E-state index is -6.54. The molecule has 1 rings (SSSR count). The van der Waals surface area contributed by atoms with E-state index in [0.29, 0.717) is 6.42 Å². The third-order valence-electron chi connectivity index (χ3n) is 3.07. The van der Waals surface area contributed by atoms with E-state index in [1.165, 1.54) is 30.3 Å². The summed E-state index contributed by atoms with van der Waals surface area (Å²) in [6, 6.07) is 6.53. The predicted molar refractivity (Wildman–Crippen MR) is 69.7 cm³/mol. The minimum absolute atomic E-state index is 0.161. The van der Waals surface area contributed by atoms with E-state index in [4.69, 9.17) is 0 Å². The van der Waals surface area contributed by atoms with Crippen molar-refractivity contribution in [1.29, 1.82) is 0 Å². The number of halogens is 7. The van der Waals surface area contributed by atoms with Crippen molar-refractivity contribution in [2.24, 2.45) is 0 Å². The molecule has 0 aliphatic rings. The van der Waals surface area contributed by atoms with E-state index in [1.807, 2.05) is 0 Å². The molecular formula is C14H14F7NO. The molecule has 0 aliphatic carbocycles. The molecule has 0 spiro atoms. The molecule has 9 heteroatoms. The molecule has 0 saturated heterocycles. The Morgan fingerprint density at radius 2 is 1.52 bits per heavy atom. The van der Waals surface area contributed by atoms with Crippen LogP contribution in [0.2, 0.25) is 0 Å². The van der Waals surface area contributed by atoms with Crippen molar-refractivity contribution in [2.75, 3.05) is 11.4 Å². The molecular weight excluding hydrogens is 331 g/mol. The third kappa shape index (κ3) is 3.76. The van der Waals surface area contributed by atoms with Gasteiger partial charge in [0.25, 0.3) is 0 Å². The maximum atomic E-state index is 13.6. The molecule has 1 amide bonds. The van der Waals surface area contributed by atoms with Gasteiger partial charge in [-0.2, -0.15) is 30.7 Å². The van der Waals surface area contributed by atoms with Gasteiger partial charge in [0.2, 0.25) is 0 Å². The van der Waals surface area contributed by atoms with Gasteiger partial charge in [0, 0.05) is 12.2 Å². The standard InChI is InChI=1S/C14H14F7NO/c1-2-3-9-22(10-7-5-4-6-8-10)11(23)12(15,16)13(17,18)14(19,20)21/h4-8H,2-3,9H2,1H3. The van der Waals surface area contributed by atoms with E-state index in [-0.39, 0.29) is 17.0 Å². The Kier molecular flexibility index (Phi) is 5.65. The van der Waals surface area contributed by atoms with Gasteiger partial charge >= 0.3 is 23.9 Å². The number of carbonyl (C=O) groups excluding carboxylic acids is 1. The summed E-state index contributed by atoms with van der Waals surface area (Å²) >= 11 is 0. The largest absolute Gasteiger partial charge is 0.460 e. The van der Waals surface area contributed by atoms with E-state index < -0.39 is 30.5 Å². The highest BCUT2D eigenvalue weighted by molar-refractivity contribution is 5.99. The third-order valence-corrected chi connectivity index (χ3v) is 3.07. The quantitative estimate of drug-likeness (QED) is 0.687. The van der Waals surface area contributed by atoms with Crippen molar-refractivity contribution < 1.29 is 35.5 Å². The number of unbranched alkanes of at least 4 members (excludes halogenated alkanes) is 1. The molecule has 0 N–H and O–H groups in total. The molecule has 130 valence electrons. The van der Waals surface area contributed by atoms with Gasteiger partial charge in [-0.05, 0) is 18.6 Å². The first-order valence-electron chi connectivity index (χ1n) is 6.66. The molecule has 2 nitrogen and oxygen atoms in total.